The summed E-state index contributed by atoms with van der Waals surface area (Å²) in [6.45, 7) is 3.90. The van der Waals surface area contributed by atoms with Crippen LogP contribution in [0.25, 0.3) is 5.82 Å². The summed E-state index contributed by atoms with van der Waals surface area (Å²) in [7, 11) is 0. The molecule has 2 aromatic rings. The van der Waals surface area contributed by atoms with Gasteiger partial charge in [-0.3, -0.25) is 4.57 Å². The van der Waals surface area contributed by atoms with Crippen LogP contribution in [0.5, 0.6) is 0 Å². The van der Waals surface area contributed by atoms with Crippen molar-refractivity contribution in [3.63, 3.8) is 0 Å². The highest BCUT2D eigenvalue weighted by molar-refractivity contribution is 5.40. The van der Waals surface area contributed by atoms with Gasteiger partial charge in [0.25, 0.3) is 0 Å². The topological polar surface area (TPSA) is 50.9 Å². The molecule has 0 saturated carbocycles. The van der Waals surface area contributed by atoms with Gasteiger partial charge in [-0.15, -0.1) is 0 Å². The summed E-state index contributed by atoms with van der Waals surface area (Å²) in [4.78, 5) is 8.38. The monoisotopic (exact) mass is 203 g/mol. The zero-order valence-corrected chi connectivity index (χ0v) is 8.81. The zero-order valence-electron chi connectivity index (χ0n) is 8.81. The average molecular weight is 203 g/mol. The van der Waals surface area contributed by atoms with Crippen LogP contribution < -0.4 is 0 Å². The van der Waals surface area contributed by atoms with E-state index in [0.717, 1.165) is 22.6 Å². The first-order chi connectivity index (χ1) is 7.22. The maximum Gasteiger partial charge on any atom is 0.143 e. The van der Waals surface area contributed by atoms with Crippen LogP contribution in [0.4, 0.5) is 0 Å². The Morgan fingerprint density at radius 3 is 2.80 bits per heavy atom. The number of imidazole rings is 1. The third kappa shape index (κ3) is 1.76. The van der Waals surface area contributed by atoms with Crippen LogP contribution in [-0.4, -0.2) is 19.6 Å². The van der Waals surface area contributed by atoms with Crippen LogP contribution in [0, 0.1) is 13.8 Å². The molecule has 0 atom stereocenters. The molecule has 0 aliphatic heterocycles. The third-order valence-corrected chi connectivity index (χ3v) is 2.36. The first-order valence-corrected chi connectivity index (χ1v) is 4.78. The molecule has 0 amide bonds. The van der Waals surface area contributed by atoms with Crippen molar-refractivity contribution in [3.8, 4) is 5.82 Å². The maximum absolute atomic E-state index is 9.32. The molecule has 2 heterocycles. The maximum atomic E-state index is 9.32. The molecular formula is C11H13N3O. The molecule has 0 saturated heterocycles. The van der Waals surface area contributed by atoms with E-state index >= 15 is 0 Å². The Morgan fingerprint density at radius 1 is 1.40 bits per heavy atom. The van der Waals surface area contributed by atoms with Gasteiger partial charge in [-0.25, -0.2) is 9.97 Å². The molecule has 78 valence electrons. The number of aryl methyl sites for hydroxylation is 2. The lowest BCUT2D eigenvalue weighted by Crippen LogP contribution is -2.04. The number of hydrogen-bond acceptors (Lipinski definition) is 3. The summed E-state index contributed by atoms with van der Waals surface area (Å²) < 4.78 is 1.81. The second-order valence-corrected chi connectivity index (χ2v) is 3.51. The van der Waals surface area contributed by atoms with E-state index in [0.29, 0.717) is 0 Å². The second-order valence-electron chi connectivity index (χ2n) is 3.51. The molecular weight excluding hydrogens is 190 g/mol. The highest BCUT2D eigenvalue weighted by Gasteiger charge is 2.08. The number of pyridine rings is 1. The lowest BCUT2D eigenvalue weighted by Gasteiger charge is -2.11. The smallest absolute Gasteiger partial charge is 0.143 e. The summed E-state index contributed by atoms with van der Waals surface area (Å²) in [5, 5.41) is 9.32. The van der Waals surface area contributed by atoms with Gasteiger partial charge in [0.1, 0.15) is 12.1 Å². The second kappa shape index (κ2) is 3.82. The molecule has 2 rings (SSSR count). The summed E-state index contributed by atoms with van der Waals surface area (Å²) >= 11 is 0. The minimum Gasteiger partial charge on any atom is -0.392 e. The first-order valence-electron chi connectivity index (χ1n) is 4.78. The molecule has 15 heavy (non-hydrogen) atoms. The fourth-order valence-corrected chi connectivity index (χ4v) is 1.64. The number of aliphatic hydroxyl groups excluding tert-OH is 1. The molecule has 4 heteroatoms. The Kier molecular flexibility index (Phi) is 2.51. The minimum absolute atomic E-state index is 0.00731. The van der Waals surface area contributed by atoms with Gasteiger partial charge in [0.2, 0.25) is 0 Å². The van der Waals surface area contributed by atoms with Crippen molar-refractivity contribution >= 4 is 0 Å². The summed E-state index contributed by atoms with van der Waals surface area (Å²) in [6, 6.07) is 1.96. The fraction of sp³-hybridized carbons (Fsp3) is 0.273. The Morgan fingerprint density at radius 2 is 2.20 bits per heavy atom. The Labute approximate surface area is 88.2 Å². The van der Waals surface area contributed by atoms with Gasteiger partial charge >= 0.3 is 0 Å². The van der Waals surface area contributed by atoms with Gasteiger partial charge in [-0.2, -0.15) is 0 Å². The lowest BCUT2D eigenvalue weighted by molar-refractivity contribution is 0.280. The number of aromatic nitrogens is 3. The standard InChI is InChI=1S/C11H13N3O/c1-8-5-9(2)13-11(10(8)6-15)14-4-3-12-7-14/h3-5,7,15H,6H2,1-2H3. The summed E-state index contributed by atoms with van der Waals surface area (Å²) in [5.41, 5.74) is 2.83. The molecule has 0 aliphatic carbocycles. The molecule has 0 spiro atoms. The molecule has 2 aromatic heterocycles. The predicted molar refractivity (Wildman–Crippen MR) is 56.8 cm³/mol. The SMILES string of the molecule is Cc1cc(C)c(CO)c(-n2ccnc2)n1. The Balaban J connectivity index is 2.64. The van der Waals surface area contributed by atoms with Gasteiger partial charge in [-0.05, 0) is 25.5 Å². The molecule has 0 aromatic carbocycles. The van der Waals surface area contributed by atoms with E-state index in [1.807, 2.05) is 30.7 Å². The van der Waals surface area contributed by atoms with Gasteiger partial charge < -0.3 is 5.11 Å². The minimum atomic E-state index is -0.00731. The van der Waals surface area contributed by atoms with Crippen molar-refractivity contribution in [1.82, 2.24) is 14.5 Å². The van der Waals surface area contributed by atoms with E-state index in [9.17, 15) is 5.11 Å². The summed E-state index contributed by atoms with van der Waals surface area (Å²) in [5.74, 6) is 0.757. The summed E-state index contributed by atoms with van der Waals surface area (Å²) in [6.07, 6.45) is 5.20. The normalized spacial score (nSPS) is 10.6. The molecule has 1 N–H and O–H groups in total. The van der Waals surface area contributed by atoms with E-state index in [-0.39, 0.29) is 6.61 Å². The van der Waals surface area contributed by atoms with E-state index in [2.05, 4.69) is 9.97 Å². The molecule has 0 radical (unpaired) electrons. The van der Waals surface area contributed by atoms with E-state index in [4.69, 9.17) is 0 Å². The molecule has 0 aliphatic rings. The fourth-order valence-electron chi connectivity index (χ4n) is 1.64. The Bertz CT molecular complexity index is 463. The highest BCUT2D eigenvalue weighted by Crippen LogP contribution is 2.17. The van der Waals surface area contributed by atoms with E-state index < -0.39 is 0 Å². The number of rotatable bonds is 2. The van der Waals surface area contributed by atoms with Gasteiger partial charge in [-0.1, -0.05) is 0 Å². The van der Waals surface area contributed by atoms with Crippen LogP contribution in [0.3, 0.4) is 0 Å². The van der Waals surface area contributed by atoms with Crippen molar-refractivity contribution in [2.75, 3.05) is 0 Å². The van der Waals surface area contributed by atoms with Crippen molar-refractivity contribution in [2.24, 2.45) is 0 Å². The van der Waals surface area contributed by atoms with Gasteiger partial charge in [0.05, 0.1) is 6.61 Å². The van der Waals surface area contributed by atoms with Crippen molar-refractivity contribution in [2.45, 2.75) is 20.5 Å². The van der Waals surface area contributed by atoms with E-state index in [1.54, 1.807) is 12.5 Å². The third-order valence-electron chi connectivity index (χ3n) is 2.36. The first kappa shape index (κ1) is 9.86. The number of aliphatic hydroxyl groups is 1. The largest absolute Gasteiger partial charge is 0.392 e. The quantitative estimate of drug-likeness (QED) is 0.802. The van der Waals surface area contributed by atoms with E-state index in [1.165, 1.54) is 0 Å². The Hall–Kier alpha value is -1.68. The van der Waals surface area contributed by atoms with Crippen molar-refractivity contribution < 1.29 is 5.11 Å². The van der Waals surface area contributed by atoms with Gasteiger partial charge in [0, 0.05) is 23.7 Å². The predicted octanol–water partition coefficient (Wildman–Crippen LogP) is 1.38. The van der Waals surface area contributed by atoms with Crippen LogP contribution in [-0.2, 0) is 6.61 Å². The molecule has 0 fully saturated rings. The van der Waals surface area contributed by atoms with Crippen LogP contribution in [0.15, 0.2) is 24.8 Å². The lowest BCUT2D eigenvalue weighted by atomic mass is 10.1. The zero-order chi connectivity index (χ0) is 10.8. The number of nitrogens with zero attached hydrogens (tertiary/aromatic N) is 3. The van der Waals surface area contributed by atoms with Gasteiger partial charge in [0.15, 0.2) is 0 Å². The molecule has 0 unspecified atom stereocenters. The van der Waals surface area contributed by atoms with Crippen molar-refractivity contribution in [1.29, 1.82) is 0 Å². The number of hydrogen-bond donors (Lipinski definition) is 1. The highest BCUT2D eigenvalue weighted by atomic mass is 16.3. The van der Waals surface area contributed by atoms with Crippen LogP contribution >= 0.6 is 0 Å². The molecule has 0 bridgehead atoms. The molecule has 4 nitrogen and oxygen atoms in total. The van der Waals surface area contributed by atoms with Crippen LogP contribution in [0.2, 0.25) is 0 Å². The van der Waals surface area contributed by atoms with Crippen molar-refractivity contribution in [3.05, 3.63) is 41.6 Å². The average Bonchev–Trinajstić information content (AvgIpc) is 2.69. The van der Waals surface area contributed by atoms with Crippen LogP contribution in [0.1, 0.15) is 16.8 Å².